The fourth-order valence-electron chi connectivity index (χ4n) is 0.746. The molecular weight excluding hydrogens is 336 g/mol. The molecule has 0 bridgehead atoms. The molecule has 0 amide bonds. The average Bonchev–Trinajstić information content (AvgIpc) is 2.53. The minimum Gasteiger partial charge on any atom is -0.481 e. The molecule has 0 aromatic rings. The Labute approximate surface area is 161 Å². The summed E-state index contributed by atoms with van der Waals surface area (Å²) in [6, 6.07) is 0. The van der Waals surface area contributed by atoms with Gasteiger partial charge in [0, 0.05) is 0 Å². The van der Waals surface area contributed by atoms with Crippen LogP contribution in [0.4, 0.5) is 0 Å². The molecule has 6 heteroatoms. The van der Waals surface area contributed by atoms with Gasteiger partial charge in [-0.25, -0.2) is 0 Å². The van der Waals surface area contributed by atoms with Crippen molar-refractivity contribution < 1.29 is 29.3 Å². The highest BCUT2D eigenvalue weighted by Gasteiger charge is 2.25. The van der Waals surface area contributed by atoms with Crippen molar-refractivity contribution in [2.45, 2.75) is 89.5 Å². The van der Waals surface area contributed by atoms with Crippen LogP contribution in [0.3, 0.4) is 0 Å². The number of ether oxygens (including phenoxy) is 1. The van der Waals surface area contributed by atoms with Crippen LogP contribution in [0.1, 0.15) is 89.5 Å². The predicted octanol–water partition coefficient (Wildman–Crippen LogP) is 5.49. The topological polar surface area (TPSA) is 101 Å². The van der Waals surface area contributed by atoms with Gasteiger partial charge in [-0.2, -0.15) is 0 Å². The van der Waals surface area contributed by atoms with Crippen molar-refractivity contribution in [3.63, 3.8) is 0 Å². The molecule has 0 aliphatic heterocycles. The monoisotopic (exact) mass is 380 g/mol. The molecule has 0 saturated heterocycles. The number of carbonyl (C=O) groups is 3. The Morgan fingerprint density at radius 2 is 1.23 bits per heavy atom. The van der Waals surface area contributed by atoms with Gasteiger partial charge in [0.25, 0.3) is 0 Å². The second kappa shape index (κ2) is 16.9. The Hall–Kier alpha value is -1.59. The number of hydrogen-bond acceptors (Lipinski definition) is 4. The summed E-state index contributed by atoms with van der Waals surface area (Å²) < 4.78 is 4.57. The SMILES string of the molecule is C.C.CCC(C)(C)C(=O)O.CCC(C)(C)C(=O)OC.CCC(C)C(=O)O. The van der Waals surface area contributed by atoms with Crippen molar-refractivity contribution in [3.8, 4) is 0 Å². The molecule has 2 N–H and O–H groups in total. The van der Waals surface area contributed by atoms with Gasteiger partial charge in [0.1, 0.15) is 0 Å². The summed E-state index contributed by atoms with van der Waals surface area (Å²) in [5.41, 5.74) is -0.852. The lowest BCUT2D eigenvalue weighted by molar-refractivity contribution is -0.151. The fraction of sp³-hybridized carbons (Fsp3) is 0.850. The smallest absolute Gasteiger partial charge is 0.311 e. The van der Waals surface area contributed by atoms with Gasteiger partial charge < -0.3 is 14.9 Å². The maximum Gasteiger partial charge on any atom is 0.311 e. The zero-order valence-electron chi connectivity index (χ0n) is 16.7. The number of aliphatic carboxylic acids is 2. The first kappa shape index (κ1) is 35.5. The first-order chi connectivity index (χ1) is 10.7. The summed E-state index contributed by atoms with van der Waals surface area (Å²) >= 11 is 0. The van der Waals surface area contributed by atoms with Crippen molar-refractivity contribution in [3.05, 3.63) is 0 Å². The van der Waals surface area contributed by atoms with Gasteiger partial charge >= 0.3 is 17.9 Å². The van der Waals surface area contributed by atoms with Crippen molar-refractivity contribution in [2.24, 2.45) is 16.7 Å². The molecule has 0 aromatic heterocycles. The number of rotatable bonds is 6. The second-order valence-corrected chi connectivity index (χ2v) is 6.92. The number of esters is 1. The maximum atomic E-state index is 10.8. The Bertz CT molecular complexity index is 386. The van der Waals surface area contributed by atoms with Crippen LogP contribution in [-0.4, -0.2) is 35.2 Å². The summed E-state index contributed by atoms with van der Waals surface area (Å²) in [6.45, 7) is 14.6. The van der Waals surface area contributed by atoms with E-state index in [0.717, 1.165) is 12.8 Å². The lowest BCUT2D eigenvalue weighted by atomic mass is 9.91. The number of methoxy groups -OCH3 is 1. The van der Waals surface area contributed by atoms with Gasteiger partial charge in [0.05, 0.1) is 23.9 Å². The minimum absolute atomic E-state index is 0. The second-order valence-electron chi connectivity index (χ2n) is 6.92. The number of hydrogen-bond donors (Lipinski definition) is 2. The Morgan fingerprint density at radius 3 is 1.27 bits per heavy atom. The summed E-state index contributed by atoms with van der Waals surface area (Å²) in [5.74, 6) is -1.74. The van der Waals surface area contributed by atoms with Crippen molar-refractivity contribution in [2.75, 3.05) is 7.11 Å². The van der Waals surface area contributed by atoms with Crippen LogP contribution >= 0.6 is 0 Å². The molecule has 0 fully saturated rings. The molecule has 0 spiro atoms. The van der Waals surface area contributed by atoms with Gasteiger partial charge in [-0.1, -0.05) is 42.5 Å². The van der Waals surface area contributed by atoms with E-state index in [-0.39, 0.29) is 32.2 Å². The van der Waals surface area contributed by atoms with Crippen LogP contribution < -0.4 is 0 Å². The molecule has 1 unspecified atom stereocenters. The molecule has 160 valence electrons. The van der Waals surface area contributed by atoms with E-state index in [9.17, 15) is 14.4 Å². The molecule has 0 aromatic carbocycles. The minimum atomic E-state index is -0.722. The van der Waals surface area contributed by atoms with Gasteiger partial charge in [-0.3, -0.25) is 14.4 Å². The van der Waals surface area contributed by atoms with Gasteiger partial charge in [-0.15, -0.1) is 0 Å². The molecule has 0 radical (unpaired) electrons. The van der Waals surface area contributed by atoms with Crippen LogP contribution in [0, 0.1) is 16.7 Å². The quantitative estimate of drug-likeness (QED) is 0.591. The summed E-state index contributed by atoms with van der Waals surface area (Å²) in [4.78, 5) is 31.0. The molecule has 6 nitrogen and oxygen atoms in total. The molecular formula is C20H44O6. The van der Waals surface area contributed by atoms with E-state index in [1.807, 2.05) is 34.6 Å². The van der Waals surface area contributed by atoms with Gasteiger partial charge in [0.2, 0.25) is 0 Å². The standard InChI is InChI=1S/C7H14O2.C6H12O2.C5H10O2.2CH4/c1-5-7(2,3)6(8)9-4;1-4-6(2,3)5(7)8;1-3-4(2)5(6)7;;/h5H2,1-4H3;4H2,1-3H3,(H,7,8);4H,3H2,1-2H3,(H,6,7);2*1H4. The Kier molecular flexibility index (Phi) is 23.0. The lowest BCUT2D eigenvalue weighted by Crippen LogP contribution is -2.24. The normalized spacial score (nSPS) is 11.0. The maximum absolute atomic E-state index is 10.8. The van der Waals surface area contributed by atoms with Crippen LogP contribution in [-0.2, 0) is 19.1 Å². The van der Waals surface area contributed by atoms with E-state index in [2.05, 4.69) is 4.74 Å². The van der Waals surface area contributed by atoms with E-state index >= 15 is 0 Å². The Morgan fingerprint density at radius 1 is 0.885 bits per heavy atom. The third-order valence-corrected chi connectivity index (χ3v) is 4.12. The third-order valence-electron chi connectivity index (χ3n) is 4.12. The highest BCUT2D eigenvalue weighted by Crippen LogP contribution is 2.20. The summed E-state index contributed by atoms with van der Waals surface area (Å²) in [7, 11) is 1.42. The molecule has 0 heterocycles. The van der Waals surface area contributed by atoms with Crippen molar-refractivity contribution >= 4 is 17.9 Å². The fourth-order valence-corrected chi connectivity index (χ4v) is 0.746. The van der Waals surface area contributed by atoms with E-state index in [0.29, 0.717) is 6.42 Å². The molecule has 0 saturated carbocycles. The van der Waals surface area contributed by atoms with E-state index in [4.69, 9.17) is 10.2 Å². The highest BCUT2D eigenvalue weighted by molar-refractivity contribution is 5.75. The van der Waals surface area contributed by atoms with E-state index in [1.54, 1.807) is 20.8 Å². The summed E-state index contributed by atoms with van der Waals surface area (Å²) in [5, 5.41) is 16.6. The molecule has 0 aliphatic rings. The third kappa shape index (κ3) is 17.2. The number of carboxylic acids is 2. The zero-order chi connectivity index (χ0) is 20.1. The first-order valence-electron chi connectivity index (χ1n) is 8.27. The van der Waals surface area contributed by atoms with Gasteiger partial charge in [0.15, 0.2) is 0 Å². The average molecular weight is 381 g/mol. The lowest BCUT2D eigenvalue weighted by Gasteiger charge is -2.17. The molecule has 1 atom stereocenters. The van der Waals surface area contributed by atoms with Crippen molar-refractivity contribution in [1.29, 1.82) is 0 Å². The highest BCUT2D eigenvalue weighted by atomic mass is 16.5. The Balaban J connectivity index is -0.0000000823. The zero-order valence-corrected chi connectivity index (χ0v) is 16.7. The van der Waals surface area contributed by atoms with Crippen LogP contribution in [0.2, 0.25) is 0 Å². The molecule has 0 aliphatic carbocycles. The first-order valence-corrected chi connectivity index (χ1v) is 8.27. The largest absolute Gasteiger partial charge is 0.481 e. The predicted molar refractivity (Wildman–Crippen MR) is 108 cm³/mol. The number of carbonyl (C=O) groups excluding carboxylic acids is 1. The van der Waals surface area contributed by atoms with Crippen LogP contribution in [0.5, 0.6) is 0 Å². The number of carboxylic acid groups (broad SMARTS) is 2. The van der Waals surface area contributed by atoms with Gasteiger partial charge in [-0.05, 0) is 47.0 Å². The van der Waals surface area contributed by atoms with E-state index in [1.165, 1.54) is 7.11 Å². The molecule has 26 heavy (non-hydrogen) atoms. The van der Waals surface area contributed by atoms with Crippen molar-refractivity contribution in [1.82, 2.24) is 0 Å². The molecule has 0 rings (SSSR count). The van der Waals surface area contributed by atoms with Crippen LogP contribution in [0.15, 0.2) is 0 Å². The van der Waals surface area contributed by atoms with Crippen LogP contribution in [0.25, 0.3) is 0 Å². The van der Waals surface area contributed by atoms with E-state index < -0.39 is 17.4 Å². The summed E-state index contributed by atoms with van der Waals surface area (Å²) in [6.07, 6.45) is 2.22.